The highest BCUT2D eigenvalue weighted by Gasteiger charge is 2.46. The summed E-state index contributed by atoms with van der Waals surface area (Å²) >= 11 is 0. The Labute approximate surface area is 148 Å². The first kappa shape index (κ1) is 17.5. The van der Waals surface area contributed by atoms with Crippen molar-refractivity contribution in [2.75, 3.05) is 11.9 Å². The molecule has 1 amide bonds. The fraction of sp³-hybridized carbons (Fsp3) is 0.571. The summed E-state index contributed by atoms with van der Waals surface area (Å²) in [6, 6.07) is 0. The number of anilines is 1. The van der Waals surface area contributed by atoms with Crippen molar-refractivity contribution < 1.29 is 28.0 Å². The monoisotopic (exact) mass is 383 g/mol. The molecule has 0 aliphatic carbocycles. The van der Waals surface area contributed by atoms with Crippen molar-refractivity contribution in [3.05, 3.63) is 12.7 Å². The van der Waals surface area contributed by atoms with E-state index in [1.807, 2.05) is 6.92 Å². The first-order valence-corrected chi connectivity index (χ1v) is 9.75. The molecule has 2 N–H and O–H groups in total. The average Bonchev–Trinajstić information content (AvgIpc) is 3.17. The highest BCUT2D eigenvalue weighted by molar-refractivity contribution is 7.47. The number of phosphoric acid groups is 1. The van der Waals surface area contributed by atoms with Gasteiger partial charge in [0.15, 0.2) is 17.0 Å². The molecule has 1 unspecified atom stereocenters. The molecule has 0 radical (unpaired) electrons. The van der Waals surface area contributed by atoms with Gasteiger partial charge in [0.1, 0.15) is 24.8 Å². The number of aromatic nitrogens is 4. The molecule has 2 saturated heterocycles. The molecule has 26 heavy (non-hydrogen) atoms. The molecule has 11 nitrogen and oxygen atoms in total. The van der Waals surface area contributed by atoms with Gasteiger partial charge in [-0.05, 0) is 6.42 Å². The Morgan fingerprint density at radius 1 is 1.42 bits per heavy atom. The van der Waals surface area contributed by atoms with Gasteiger partial charge in [0, 0.05) is 12.8 Å². The zero-order valence-corrected chi connectivity index (χ0v) is 14.8. The van der Waals surface area contributed by atoms with Crippen LogP contribution in [0.5, 0.6) is 0 Å². The lowest BCUT2D eigenvalue weighted by atomic mass is 10.2. The lowest BCUT2D eigenvalue weighted by Crippen LogP contribution is -2.32. The van der Waals surface area contributed by atoms with E-state index in [1.165, 1.54) is 12.7 Å². The topological polar surface area (TPSA) is 138 Å². The Hall–Kier alpha value is -1.91. The van der Waals surface area contributed by atoms with E-state index in [1.54, 1.807) is 4.57 Å². The van der Waals surface area contributed by atoms with E-state index in [0.717, 1.165) is 6.42 Å². The van der Waals surface area contributed by atoms with Crippen molar-refractivity contribution in [3.8, 4) is 0 Å². The van der Waals surface area contributed by atoms with Gasteiger partial charge in [-0.25, -0.2) is 19.5 Å². The summed E-state index contributed by atoms with van der Waals surface area (Å²) in [5, 5.41) is 2.73. The van der Waals surface area contributed by atoms with Crippen LogP contribution in [0.3, 0.4) is 0 Å². The van der Waals surface area contributed by atoms with E-state index in [9.17, 15) is 14.3 Å². The Morgan fingerprint density at radius 2 is 2.27 bits per heavy atom. The Kier molecular flexibility index (Phi) is 4.49. The third-order valence-electron chi connectivity index (χ3n) is 4.25. The van der Waals surface area contributed by atoms with E-state index >= 15 is 0 Å². The molecule has 0 saturated carbocycles. The van der Waals surface area contributed by atoms with Crippen LogP contribution in [-0.2, 0) is 23.1 Å². The van der Waals surface area contributed by atoms with Crippen molar-refractivity contribution in [2.45, 2.75) is 44.6 Å². The number of phosphoric ester groups is 1. The van der Waals surface area contributed by atoms with Crippen LogP contribution in [0.4, 0.5) is 5.82 Å². The van der Waals surface area contributed by atoms with Crippen molar-refractivity contribution in [3.63, 3.8) is 0 Å². The zero-order chi connectivity index (χ0) is 18.3. The predicted molar refractivity (Wildman–Crippen MR) is 88.0 cm³/mol. The molecule has 2 aliphatic heterocycles. The summed E-state index contributed by atoms with van der Waals surface area (Å²) < 4.78 is 29.0. The fourth-order valence-corrected chi connectivity index (χ4v) is 4.04. The maximum absolute atomic E-state index is 11.8. The van der Waals surface area contributed by atoms with Crippen LogP contribution in [0, 0.1) is 0 Å². The van der Waals surface area contributed by atoms with E-state index in [0.29, 0.717) is 29.8 Å². The van der Waals surface area contributed by atoms with Crippen LogP contribution in [0.15, 0.2) is 12.7 Å². The molecule has 2 aromatic rings. The number of hydrogen-bond donors (Lipinski definition) is 2. The number of carbonyl (C=O) groups excluding carboxylic acids is 1. The van der Waals surface area contributed by atoms with E-state index in [2.05, 4.69) is 20.3 Å². The normalized spacial score (nSPS) is 31.1. The van der Waals surface area contributed by atoms with Crippen LogP contribution in [0.25, 0.3) is 11.2 Å². The van der Waals surface area contributed by atoms with Gasteiger partial charge < -0.3 is 14.9 Å². The van der Waals surface area contributed by atoms with Gasteiger partial charge in [-0.2, -0.15) is 0 Å². The van der Waals surface area contributed by atoms with Crippen LogP contribution in [0.2, 0.25) is 0 Å². The largest absolute Gasteiger partial charge is 0.472 e. The molecule has 4 rings (SSSR count). The second-order valence-electron chi connectivity index (χ2n) is 6.12. The molecular formula is C14H18N5O6P. The number of amides is 1. The van der Waals surface area contributed by atoms with E-state index in [-0.39, 0.29) is 12.5 Å². The van der Waals surface area contributed by atoms with Gasteiger partial charge in [-0.15, -0.1) is 0 Å². The molecule has 4 atom stereocenters. The number of rotatable bonds is 4. The number of ether oxygens (including phenoxy) is 1. The van der Waals surface area contributed by atoms with Crippen LogP contribution < -0.4 is 5.32 Å². The molecule has 2 fully saturated rings. The number of nitrogens with zero attached hydrogens (tertiary/aromatic N) is 4. The highest BCUT2D eigenvalue weighted by Crippen LogP contribution is 2.52. The standard InChI is InChI=1S/C14H18N5O6P/c1-2-3-10(20)18-13-12-14(16-6-15-13)19(7-17-12)11-4-8-9(24-11)5-23-26(21,22)25-8/h6-9,11H,2-5H2,1H3,(H,21,22)(H,15,16,18,20)/t8-,9-,11-/m0/s1. The number of fused-ring (bicyclic) bond motifs is 2. The average molecular weight is 383 g/mol. The molecule has 0 aromatic carbocycles. The van der Waals surface area contributed by atoms with E-state index < -0.39 is 26.3 Å². The summed E-state index contributed by atoms with van der Waals surface area (Å²) in [5.74, 6) is 0.191. The minimum atomic E-state index is -4.02. The molecule has 140 valence electrons. The van der Waals surface area contributed by atoms with Crippen molar-refractivity contribution in [1.82, 2.24) is 19.5 Å². The third-order valence-corrected chi connectivity index (χ3v) is 5.27. The molecular weight excluding hydrogens is 365 g/mol. The van der Waals surface area contributed by atoms with Crippen LogP contribution in [-0.4, -0.2) is 49.1 Å². The molecule has 0 bridgehead atoms. The second kappa shape index (κ2) is 6.67. The van der Waals surface area contributed by atoms with Crippen molar-refractivity contribution >= 4 is 30.7 Å². The summed E-state index contributed by atoms with van der Waals surface area (Å²) in [6.07, 6.45) is 2.87. The van der Waals surface area contributed by atoms with Gasteiger partial charge in [0.25, 0.3) is 0 Å². The highest BCUT2D eigenvalue weighted by atomic mass is 31.2. The molecule has 2 aliphatic rings. The number of hydrogen-bond acceptors (Lipinski definition) is 8. The fourth-order valence-electron chi connectivity index (χ4n) is 3.08. The predicted octanol–water partition coefficient (Wildman–Crippen LogP) is 1.37. The smallest absolute Gasteiger partial charge is 0.349 e. The number of carbonyl (C=O) groups is 1. The summed E-state index contributed by atoms with van der Waals surface area (Å²) in [7, 11) is -4.02. The minimum absolute atomic E-state index is 0.0190. The first-order valence-electron chi connectivity index (χ1n) is 8.25. The van der Waals surface area contributed by atoms with Gasteiger partial charge in [0.05, 0.1) is 12.9 Å². The minimum Gasteiger partial charge on any atom is -0.349 e. The number of nitrogens with one attached hydrogen (secondary N) is 1. The van der Waals surface area contributed by atoms with Crippen LogP contribution >= 0.6 is 7.82 Å². The Morgan fingerprint density at radius 3 is 3.08 bits per heavy atom. The third kappa shape index (κ3) is 3.24. The molecule has 4 heterocycles. The lowest BCUT2D eigenvalue weighted by Gasteiger charge is -2.26. The maximum Gasteiger partial charge on any atom is 0.472 e. The first-order chi connectivity index (χ1) is 12.5. The van der Waals surface area contributed by atoms with Gasteiger partial charge in [-0.3, -0.25) is 18.4 Å². The Balaban J connectivity index is 1.59. The molecule has 0 spiro atoms. The van der Waals surface area contributed by atoms with Gasteiger partial charge in [0.2, 0.25) is 5.91 Å². The van der Waals surface area contributed by atoms with Gasteiger partial charge >= 0.3 is 7.82 Å². The SMILES string of the molecule is CCCC(=O)Nc1ncnc2c1ncn2[C@@H]1C[C@@H]2OP(=O)(O)OC[C@@H]2O1. The molecule has 12 heteroatoms. The van der Waals surface area contributed by atoms with Crippen molar-refractivity contribution in [1.29, 1.82) is 0 Å². The van der Waals surface area contributed by atoms with Crippen molar-refractivity contribution in [2.24, 2.45) is 0 Å². The van der Waals surface area contributed by atoms with E-state index in [4.69, 9.17) is 13.8 Å². The molecule has 2 aromatic heterocycles. The Bertz CT molecular complexity index is 888. The summed E-state index contributed by atoms with van der Waals surface area (Å²) in [4.78, 5) is 33.9. The lowest BCUT2D eigenvalue weighted by molar-refractivity contribution is -0.116. The summed E-state index contributed by atoms with van der Waals surface area (Å²) in [5.41, 5.74) is 0.934. The zero-order valence-electron chi connectivity index (χ0n) is 13.9. The van der Waals surface area contributed by atoms with Gasteiger partial charge in [-0.1, -0.05) is 6.92 Å². The number of imidazole rings is 1. The van der Waals surface area contributed by atoms with Crippen LogP contribution in [0.1, 0.15) is 32.4 Å². The summed E-state index contributed by atoms with van der Waals surface area (Å²) in [6.45, 7) is 1.90. The maximum atomic E-state index is 11.8. The second-order valence-corrected chi connectivity index (χ2v) is 7.52. The quantitative estimate of drug-likeness (QED) is 0.750.